The standard InChI is InChI=1S/C10H7N5O2/c11-8-2-1-6(9-4-12-14-16-9)3-7(8)10-5-13-15-17-10/h1-5H,11H2. The van der Waals surface area contributed by atoms with E-state index in [9.17, 15) is 0 Å². The first kappa shape index (κ1) is 9.52. The molecule has 0 saturated heterocycles. The normalized spacial score (nSPS) is 10.6. The molecule has 2 aromatic heterocycles. The first-order valence-corrected chi connectivity index (χ1v) is 4.79. The number of nitrogens with zero attached hydrogens (tertiary/aromatic N) is 4. The quantitative estimate of drug-likeness (QED) is 0.661. The van der Waals surface area contributed by atoms with Crippen LogP contribution in [0.15, 0.2) is 39.6 Å². The predicted octanol–water partition coefficient (Wildman–Crippen LogP) is 1.37. The molecule has 2 heterocycles. The molecular weight excluding hydrogens is 222 g/mol. The number of rotatable bonds is 2. The minimum Gasteiger partial charge on any atom is -0.398 e. The molecule has 1 aromatic carbocycles. The minimum atomic E-state index is 0.497. The Morgan fingerprint density at radius 3 is 2.29 bits per heavy atom. The van der Waals surface area contributed by atoms with Gasteiger partial charge in [-0.3, -0.25) is 0 Å². The highest BCUT2D eigenvalue weighted by atomic mass is 16.5. The Balaban J connectivity index is 2.13. The molecular formula is C10H7N5O2. The van der Waals surface area contributed by atoms with Crippen molar-refractivity contribution in [1.29, 1.82) is 0 Å². The van der Waals surface area contributed by atoms with E-state index >= 15 is 0 Å². The Morgan fingerprint density at radius 1 is 0.941 bits per heavy atom. The summed E-state index contributed by atoms with van der Waals surface area (Å²) in [6.07, 6.45) is 3.02. The molecule has 0 aliphatic heterocycles. The fourth-order valence-electron chi connectivity index (χ4n) is 1.50. The monoisotopic (exact) mass is 229 g/mol. The number of benzene rings is 1. The molecule has 0 spiro atoms. The Labute approximate surface area is 95.2 Å². The molecule has 0 aliphatic rings. The van der Waals surface area contributed by atoms with Crippen molar-refractivity contribution in [2.45, 2.75) is 0 Å². The van der Waals surface area contributed by atoms with Gasteiger partial charge in [-0.25, -0.2) is 0 Å². The maximum absolute atomic E-state index is 5.86. The Bertz CT molecular complexity index is 618. The van der Waals surface area contributed by atoms with Gasteiger partial charge in [0.25, 0.3) is 0 Å². The number of nitrogens with two attached hydrogens (primary N) is 1. The SMILES string of the molecule is Nc1ccc(-c2cnno2)cc1-c1cnno1. The van der Waals surface area contributed by atoms with Crippen LogP contribution in [0.3, 0.4) is 0 Å². The molecule has 0 unspecified atom stereocenters. The minimum absolute atomic E-state index is 0.497. The van der Waals surface area contributed by atoms with Crippen molar-refractivity contribution in [3.8, 4) is 22.6 Å². The van der Waals surface area contributed by atoms with Gasteiger partial charge in [0.15, 0.2) is 11.5 Å². The summed E-state index contributed by atoms with van der Waals surface area (Å²) < 4.78 is 9.94. The van der Waals surface area contributed by atoms with Crippen LogP contribution in [-0.2, 0) is 0 Å². The van der Waals surface area contributed by atoms with Crippen molar-refractivity contribution in [3.05, 3.63) is 30.6 Å². The molecule has 3 aromatic rings. The summed E-state index contributed by atoms with van der Waals surface area (Å²) in [6.45, 7) is 0. The molecule has 2 N–H and O–H groups in total. The van der Waals surface area contributed by atoms with Crippen molar-refractivity contribution in [2.24, 2.45) is 0 Å². The second-order valence-electron chi connectivity index (χ2n) is 3.37. The van der Waals surface area contributed by atoms with E-state index in [0.29, 0.717) is 22.8 Å². The number of anilines is 1. The van der Waals surface area contributed by atoms with Gasteiger partial charge in [-0.2, -0.15) is 0 Å². The van der Waals surface area contributed by atoms with Crippen LogP contribution in [0.4, 0.5) is 5.69 Å². The van der Waals surface area contributed by atoms with Gasteiger partial charge in [0.1, 0.15) is 0 Å². The third kappa shape index (κ3) is 1.63. The lowest BCUT2D eigenvalue weighted by atomic mass is 10.1. The van der Waals surface area contributed by atoms with Crippen molar-refractivity contribution in [2.75, 3.05) is 5.73 Å². The molecule has 0 fully saturated rings. The zero-order valence-corrected chi connectivity index (χ0v) is 8.57. The Hall–Kier alpha value is -2.70. The second-order valence-corrected chi connectivity index (χ2v) is 3.37. The van der Waals surface area contributed by atoms with Crippen LogP contribution in [-0.4, -0.2) is 20.7 Å². The third-order valence-corrected chi connectivity index (χ3v) is 2.33. The molecule has 0 amide bonds. The largest absolute Gasteiger partial charge is 0.398 e. The molecule has 7 heteroatoms. The Kier molecular flexibility index (Phi) is 2.08. The van der Waals surface area contributed by atoms with E-state index in [-0.39, 0.29) is 0 Å². The van der Waals surface area contributed by atoms with E-state index in [4.69, 9.17) is 14.8 Å². The van der Waals surface area contributed by atoms with Gasteiger partial charge in [0.05, 0.1) is 12.4 Å². The van der Waals surface area contributed by atoms with Crippen LogP contribution in [0.1, 0.15) is 0 Å². The lowest BCUT2D eigenvalue weighted by Gasteiger charge is -2.02. The molecule has 0 bridgehead atoms. The van der Waals surface area contributed by atoms with Crippen LogP contribution in [0.25, 0.3) is 22.6 Å². The van der Waals surface area contributed by atoms with Crippen LogP contribution in [0, 0.1) is 0 Å². The lowest BCUT2D eigenvalue weighted by molar-refractivity contribution is 0.402. The fourth-order valence-corrected chi connectivity index (χ4v) is 1.50. The highest BCUT2D eigenvalue weighted by Crippen LogP contribution is 2.30. The average Bonchev–Trinajstić information content (AvgIpc) is 3.03. The van der Waals surface area contributed by atoms with Crippen molar-refractivity contribution >= 4 is 5.69 Å². The van der Waals surface area contributed by atoms with E-state index in [2.05, 4.69) is 20.7 Å². The van der Waals surface area contributed by atoms with E-state index in [1.54, 1.807) is 12.1 Å². The molecule has 0 saturated carbocycles. The summed E-state index contributed by atoms with van der Waals surface area (Å²) in [5, 5.41) is 14.0. The summed E-state index contributed by atoms with van der Waals surface area (Å²) in [7, 11) is 0. The van der Waals surface area contributed by atoms with Gasteiger partial charge in [-0.05, 0) is 18.2 Å². The summed E-state index contributed by atoms with van der Waals surface area (Å²) in [5.74, 6) is 1.05. The van der Waals surface area contributed by atoms with Gasteiger partial charge >= 0.3 is 0 Å². The van der Waals surface area contributed by atoms with Crippen LogP contribution < -0.4 is 5.73 Å². The van der Waals surface area contributed by atoms with Crippen LogP contribution in [0.5, 0.6) is 0 Å². The molecule has 17 heavy (non-hydrogen) atoms. The first-order valence-electron chi connectivity index (χ1n) is 4.79. The molecule has 3 rings (SSSR count). The van der Waals surface area contributed by atoms with E-state index in [0.717, 1.165) is 5.56 Å². The summed E-state index contributed by atoms with van der Waals surface area (Å²) >= 11 is 0. The highest BCUT2D eigenvalue weighted by Gasteiger charge is 2.11. The van der Waals surface area contributed by atoms with Crippen molar-refractivity contribution in [1.82, 2.24) is 20.7 Å². The molecule has 0 radical (unpaired) electrons. The van der Waals surface area contributed by atoms with Crippen LogP contribution in [0.2, 0.25) is 0 Å². The predicted molar refractivity (Wildman–Crippen MR) is 57.4 cm³/mol. The summed E-state index contributed by atoms with van der Waals surface area (Å²) in [6, 6.07) is 5.36. The number of hydrogen-bond acceptors (Lipinski definition) is 7. The van der Waals surface area contributed by atoms with Crippen molar-refractivity contribution < 1.29 is 9.05 Å². The second kappa shape index (κ2) is 3.71. The average molecular weight is 229 g/mol. The lowest BCUT2D eigenvalue weighted by Crippen LogP contribution is -1.89. The van der Waals surface area contributed by atoms with Gasteiger partial charge < -0.3 is 14.8 Å². The molecule has 7 nitrogen and oxygen atoms in total. The third-order valence-electron chi connectivity index (χ3n) is 2.33. The number of nitrogen functional groups attached to an aromatic ring is 1. The van der Waals surface area contributed by atoms with Gasteiger partial charge in [0.2, 0.25) is 0 Å². The van der Waals surface area contributed by atoms with Gasteiger partial charge in [0, 0.05) is 27.4 Å². The topological polar surface area (TPSA) is 104 Å². The zero-order valence-electron chi connectivity index (χ0n) is 8.57. The van der Waals surface area contributed by atoms with Gasteiger partial charge in [-0.15, -0.1) is 10.2 Å². The molecule has 0 aliphatic carbocycles. The Morgan fingerprint density at radius 2 is 1.65 bits per heavy atom. The van der Waals surface area contributed by atoms with Crippen molar-refractivity contribution in [3.63, 3.8) is 0 Å². The summed E-state index contributed by atoms with van der Waals surface area (Å²) in [4.78, 5) is 0. The number of aromatic nitrogens is 4. The maximum Gasteiger partial charge on any atom is 0.189 e. The number of hydrogen-bond donors (Lipinski definition) is 1. The van der Waals surface area contributed by atoms with Gasteiger partial charge in [-0.1, -0.05) is 0 Å². The smallest absolute Gasteiger partial charge is 0.189 e. The summed E-state index contributed by atoms with van der Waals surface area (Å²) in [5.41, 5.74) is 7.93. The molecule has 0 atom stereocenters. The zero-order chi connectivity index (χ0) is 11.7. The highest BCUT2D eigenvalue weighted by molar-refractivity contribution is 5.77. The first-order chi connectivity index (χ1) is 8.34. The maximum atomic E-state index is 5.86. The van der Waals surface area contributed by atoms with Crippen LogP contribution >= 0.6 is 0 Å². The van der Waals surface area contributed by atoms with E-state index in [1.165, 1.54) is 12.4 Å². The molecule has 84 valence electrons. The fraction of sp³-hybridized carbons (Fsp3) is 0. The van der Waals surface area contributed by atoms with E-state index in [1.807, 2.05) is 6.07 Å². The van der Waals surface area contributed by atoms with E-state index < -0.39 is 0 Å².